The number of fused-ring (bicyclic) bond motifs is 1. The Bertz CT molecular complexity index is 540. The van der Waals surface area contributed by atoms with E-state index in [2.05, 4.69) is 5.32 Å². The van der Waals surface area contributed by atoms with E-state index in [0.717, 1.165) is 5.56 Å². The van der Waals surface area contributed by atoms with Gasteiger partial charge in [-0.1, -0.05) is 18.2 Å². The maximum absolute atomic E-state index is 12.6. The van der Waals surface area contributed by atoms with Crippen LogP contribution in [0.25, 0.3) is 0 Å². The Morgan fingerprint density at radius 3 is 2.85 bits per heavy atom. The molecule has 2 atom stereocenters. The van der Waals surface area contributed by atoms with Gasteiger partial charge in [0.15, 0.2) is 0 Å². The number of carbonyl (C=O) groups is 2. The number of ether oxygens (including phenoxy) is 1. The smallest absolute Gasteiger partial charge is 0.327 e. The molecule has 2 N–H and O–H groups in total. The summed E-state index contributed by atoms with van der Waals surface area (Å²) in [7, 11) is 0. The van der Waals surface area contributed by atoms with Gasteiger partial charge in [-0.15, -0.1) is 0 Å². The van der Waals surface area contributed by atoms with Gasteiger partial charge in [-0.3, -0.25) is 9.69 Å². The minimum absolute atomic E-state index is 0.283. The van der Waals surface area contributed by atoms with Gasteiger partial charge in [0.25, 0.3) is 5.91 Å². The van der Waals surface area contributed by atoms with E-state index in [1.807, 2.05) is 18.2 Å². The molecule has 20 heavy (non-hydrogen) atoms. The normalized spacial score (nSPS) is 25.3. The fourth-order valence-electron chi connectivity index (χ4n) is 2.74. The summed E-state index contributed by atoms with van der Waals surface area (Å²) in [5.41, 5.74) is 1.57. The summed E-state index contributed by atoms with van der Waals surface area (Å²) in [6.07, 6.45) is -0.269. The summed E-state index contributed by atoms with van der Waals surface area (Å²) in [5.74, 6) is -1.27. The fourth-order valence-corrected chi connectivity index (χ4v) is 2.74. The van der Waals surface area contributed by atoms with Crippen LogP contribution in [-0.2, 0) is 20.7 Å². The summed E-state index contributed by atoms with van der Waals surface area (Å²) in [4.78, 5) is 25.4. The second kappa shape index (κ2) is 5.22. The minimum Gasteiger partial charge on any atom is -0.480 e. The van der Waals surface area contributed by atoms with Crippen LogP contribution in [0.3, 0.4) is 0 Å². The summed E-state index contributed by atoms with van der Waals surface area (Å²) in [6, 6.07) is 6.46. The van der Waals surface area contributed by atoms with Crippen LogP contribution in [0.5, 0.6) is 0 Å². The molecule has 1 amide bonds. The summed E-state index contributed by atoms with van der Waals surface area (Å²) in [6.45, 7) is 1.59. The highest BCUT2D eigenvalue weighted by Gasteiger charge is 2.41. The number of carboxylic acids is 1. The molecule has 2 unspecified atom stereocenters. The number of para-hydroxylation sites is 1. The van der Waals surface area contributed by atoms with Crippen LogP contribution in [0.4, 0.5) is 5.69 Å². The lowest BCUT2D eigenvalue weighted by Gasteiger charge is -2.29. The molecule has 1 aromatic rings. The maximum Gasteiger partial charge on any atom is 0.327 e. The molecule has 2 aliphatic rings. The number of benzene rings is 1. The van der Waals surface area contributed by atoms with E-state index in [-0.39, 0.29) is 5.91 Å². The largest absolute Gasteiger partial charge is 0.480 e. The third-order valence-corrected chi connectivity index (χ3v) is 3.70. The Kier molecular flexibility index (Phi) is 3.42. The zero-order chi connectivity index (χ0) is 14.1. The summed E-state index contributed by atoms with van der Waals surface area (Å²) in [5, 5.41) is 12.4. The molecule has 2 heterocycles. The van der Waals surface area contributed by atoms with E-state index in [1.165, 1.54) is 4.90 Å². The van der Waals surface area contributed by atoms with Gasteiger partial charge in [0.1, 0.15) is 12.1 Å². The summed E-state index contributed by atoms with van der Waals surface area (Å²) < 4.78 is 5.45. The number of amides is 1. The number of nitrogens with one attached hydrogen (secondary N) is 1. The Morgan fingerprint density at radius 2 is 2.15 bits per heavy atom. The number of anilines is 1. The molecule has 2 aliphatic heterocycles. The molecule has 0 saturated carbocycles. The molecule has 1 fully saturated rings. The van der Waals surface area contributed by atoms with Crippen molar-refractivity contribution in [2.24, 2.45) is 0 Å². The van der Waals surface area contributed by atoms with Gasteiger partial charge >= 0.3 is 5.97 Å². The average molecular weight is 276 g/mol. The second-order valence-electron chi connectivity index (χ2n) is 4.96. The van der Waals surface area contributed by atoms with Gasteiger partial charge in [0, 0.05) is 25.2 Å². The first-order chi connectivity index (χ1) is 9.68. The van der Waals surface area contributed by atoms with Gasteiger partial charge in [-0.2, -0.15) is 0 Å². The van der Waals surface area contributed by atoms with E-state index in [9.17, 15) is 14.7 Å². The lowest BCUT2D eigenvalue weighted by atomic mass is 10.1. The molecule has 0 bridgehead atoms. The van der Waals surface area contributed by atoms with E-state index in [1.54, 1.807) is 6.07 Å². The molecule has 0 aliphatic carbocycles. The number of hydrogen-bond acceptors (Lipinski definition) is 4. The zero-order valence-corrected chi connectivity index (χ0v) is 10.9. The number of aliphatic carboxylic acids is 1. The van der Waals surface area contributed by atoms with Crippen molar-refractivity contribution < 1.29 is 19.4 Å². The lowest BCUT2D eigenvalue weighted by molar-refractivity contribution is -0.142. The highest BCUT2D eigenvalue weighted by atomic mass is 16.5. The molecule has 1 aromatic carbocycles. The molecule has 0 spiro atoms. The van der Waals surface area contributed by atoms with Crippen LogP contribution in [0.15, 0.2) is 24.3 Å². The van der Waals surface area contributed by atoms with Crippen molar-refractivity contribution in [3.8, 4) is 0 Å². The first-order valence-corrected chi connectivity index (χ1v) is 6.64. The first kappa shape index (κ1) is 13.1. The van der Waals surface area contributed by atoms with Crippen LogP contribution in [0.2, 0.25) is 0 Å². The predicted molar refractivity (Wildman–Crippen MR) is 71.7 cm³/mol. The van der Waals surface area contributed by atoms with Gasteiger partial charge in [0.2, 0.25) is 0 Å². The number of rotatable bonds is 2. The van der Waals surface area contributed by atoms with E-state index in [4.69, 9.17) is 4.74 Å². The summed E-state index contributed by atoms with van der Waals surface area (Å²) >= 11 is 0. The molecule has 3 rings (SSSR count). The van der Waals surface area contributed by atoms with E-state index < -0.39 is 18.1 Å². The Balaban J connectivity index is 1.91. The zero-order valence-electron chi connectivity index (χ0n) is 10.9. The molecule has 106 valence electrons. The van der Waals surface area contributed by atoms with Crippen molar-refractivity contribution in [1.82, 2.24) is 5.32 Å². The van der Waals surface area contributed by atoms with Crippen LogP contribution >= 0.6 is 0 Å². The highest BCUT2D eigenvalue weighted by Crippen LogP contribution is 2.33. The predicted octanol–water partition coefficient (Wildman–Crippen LogP) is 0.0173. The number of morpholine rings is 1. The van der Waals surface area contributed by atoms with Crippen LogP contribution in [0.1, 0.15) is 5.56 Å². The Labute approximate surface area is 116 Å². The topological polar surface area (TPSA) is 78.9 Å². The number of carboxylic acid groups (broad SMARTS) is 1. The molecular formula is C14H16N2O4. The second-order valence-corrected chi connectivity index (χ2v) is 4.96. The third kappa shape index (κ3) is 2.17. The van der Waals surface area contributed by atoms with Gasteiger partial charge in [-0.05, 0) is 11.6 Å². The van der Waals surface area contributed by atoms with Crippen molar-refractivity contribution in [3.05, 3.63) is 29.8 Å². The van der Waals surface area contributed by atoms with Gasteiger partial charge in [0.05, 0.1) is 6.61 Å². The number of hydrogen-bond donors (Lipinski definition) is 2. The first-order valence-electron chi connectivity index (χ1n) is 6.64. The van der Waals surface area contributed by atoms with Crippen LogP contribution < -0.4 is 10.2 Å². The standard InChI is InChI=1S/C14H16N2O4/c17-13(12-8-15-5-6-20-12)16-10-4-2-1-3-9(10)7-11(16)14(18)19/h1-4,11-12,15H,5-8H2,(H,18,19). The van der Waals surface area contributed by atoms with E-state index >= 15 is 0 Å². The number of carbonyl (C=O) groups excluding carboxylic acids is 1. The Morgan fingerprint density at radius 1 is 1.35 bits per heavy atom. The monoisotopic (exact) mass is 276 g/mol. The van der Waals surface area contributed by atoms with Crippen molar-refractivity contribution in [3.63, 3.8) is 0 Å². The molecule has 1 saturated heterocycles. The molecule has 0 aromatic heterocycles. The van der Waals surface area contributed by atoms with Gasteiger partial charge < -0.3 is 15.2 Å². The minimum atomic E-state index is -0.988. The van der Waals surface area contributed by atoms with E-state index in [0.29, 0.717) is 31.8 Å². The fraction of sp³-hybridized carbons (Fsp3) is 0.429. The van der Waals surface area contributed by atoms with Crippen molar-refractivity contribution in [2.75, 3.05) is 24.6 Å². The highest BCUT2D eigenvalue weighted by molar-refractivity contribution is 6.04. The third-order valence-electron chi connectivity index (χ3n) is 3.70. The quantitative estimate of drug-likeness (QED) is 0.796. The van der Waals surface area contributed by atoms with Gasteiger partial charge in [-0.25, -0.2) is 4.79 Å². The average Bonchev–Trinajstić information content (AvgIpc) is 2.87. The van der Waals surface area contributed by atoms with Crippen molar-refractivity contribution in [2.45, 2.75) is 18.6 Å². The maximum atomic E-state index is 12.6. The van der Waals surface area contributed by atoms with Crippen molar-refractivity contribution in [1.29, 1.82) is 0 Å². The molecule has 0 radical (unpaired) electrons. The molecule has 6 nitrogen and oxygen atoms in total. The Hall–Kier alpha value is -1.92. The lowest BCUT2D eigenvalue weighted by Crippen LogP contribution is -2.53. The van der Waals surface area contributed by atoms with Crippen LogP contribution in [-0.4, -0.2) is 48.8 Å². The molecular weight excluding hydrogens is 260 g/mol. The van der Waals surface area contributed by atoms with Crippen molar-refractivity contribution >= 4 is 17.6 Å². The molecule has 6 heteroatoms. The number of nitrogens with zero attached hydrogens (tertiary/aromatic N) is 1. The van der Waals surface area contributed by atoms with Crippen LogP contribution in [0, 0.1) is 0 Å². The SMILES string of the molecule is O=C(O)C1Cc2ccccc2N1C(=O)C1CNCCO1.